The third-order valence-electron chi connectivity index (χ3n) is 3.86. The fraction of sp³-hybridized carbons (Fsp3) is 0.389. The Balaban J connectivity index is 1.92. The van der Waals surface area contributed by atoms with Gasteiger partial charge in [-0.2, -0.15) is 5.10 Å². The van der Waals surface area contributed by atoms with Crippen LogP contribution in [0.5, 0.6) is 0 Å². The summed E-state index contributed by atoms with van der Waals surface area (Å²) >= 11 is 0. The highest BCUT2D eigenvalue weighted by Gasteiger charge is 2.19. The van der Waals surface area contributed by atoms with E-state index in [1.54, 1.807) is 4.68 Å². The lowest BCUT2D eigenvalue weighted by Gasteiger charge is -2.14. The van der Waals surface area contributed by atoms with Crippen molar-refractivity contribution in [2.45, 2.75) is 33.7 Å². The minimum Gasteiger partial charge on any atom is -0.481 e. The topological polar surface area (TPSA) is 84.2 Å². The average Bonchev–Trinajstić information content (AvgIpc) is 2.81. The van der Waals surface area contributed by atoms with Crippen LogP contribution in [-0.4, -0.2) is 33.3 Å². The van der Waals surface area contributed by atoms with Crippen LogP contribution >= 0.6 is 0 Å². The van der Waals surface area contributed by atoms with Crippen LogP contribution in [0.4, 0.5) is 0 Å². The predicted molar refractivity (Wildman–Crippen MR) is 90.7 cm³/mol. The van der Waals surface area contributed by atoms with Gasteiger partial charge in [-0.25, -0.2) is 0 Å². The fourth-order valence-electron chi connectivity index (χ4n) is 2.63. The molecule has 24 heavy (non-hydrogen) atoms. The lowest BCUT2D eigenvalue weighted by Crippen LogP contribution is -2.36. The second-order valence-electron chi connectivity index (χ2n) is 6.12. The van der Waals surface area contributed by atoms with Gasteiger partial charge >= 0.3 is 5.97 Å². The smallest absolute Gasteiger partial charge is 0.308 e. The molecule has 6 heteroatoms. The maximum Gasteiger partial charge on any atom is 0.308 e. The molecule has 1 atom stereocenters. The van der Waals surface area contributed by atoms with Crippen LogP contribution in [0.15, 0.2) is 30.3 Å². The molecular weight excluding hydrogens is 306 g/mol. The summed E-state index contributed by atoms with van der Waals surface area (Å²) in [6, 6.07) is 9.64. The van der Waals surface area contributed by atoms with Gasteiger partial charge in [0.25, 0.3) is 0 Å². The van der Waals surface area contributed by atoms with Crippen molar-refractivity contribution in [2.75, 3.05) is 6.54 Å². The number of aromatic nitrogens is 2. The highest BCUT2D eigenvalue weighted by atomic mass is 16.4. The third-order valence-corrected chi connectivity index (χ3v) is 3.86. The molecule has 0 saturated heterocycles. The first-order valence-electron chi connectivity index (χ1n) is 7.91. The number of hydrogen-bond acceptors (Lipinski definition) is 3. The van der Waals surface area contributed by atoms with Crippen molar-refractivity contribution in [2.24, 2.45) is 5.92 Å². The van der Waals surface area contributed by atoms with E-state index >= 15 is 0 Å². The number of carboxylic acid groups (broad SMARTS) is 1. The molecule has 0 bridgehead atoms. The summed E-state index contributed by atoms with van der Waals surface area (Å²) in [5.41, 5.74) is 3.79. The molecule has 2 N–H and O–H groups in total. The predicted octanol–water partition coefficient (Wildman–Crippen LogP) is 1.87. The van der Waals surface area contributed by atoms with Crippen LogP contribution < -0.4 is 5.32 Å². The molecule has 6 nitrogen and oxygen atoms in total. The Hall–Kier alpha value is -2.63. The fourth-order valence-corrected chi connectivity index (χ4v) is 2.63. The molecule has 2 aromatic rings. The summed E-state index contributed by atoms with van der Waals surface area (Å²) in [4.78, 5) is 23.5. The van der Waals surface area contributed by atoms with Crippen molar-refractivity contribution >= 4 is 11.9 Å². The Morgan fingerprint density at radius 2 is 2.00 bits per heavy atom. The van der Waals surface area contributed by atoms with E-state index in [9.17, 15) is 14.7 Å². The van der Waals surface area contributed by atoms with Gasteiger partial charge in [0.2, 0.25) is 5.91 Å². The maximum absolute atomic E-state index is 12.0. The minimum atomic E-state index is -0.914. The summed E-state index contributed by atoms with van der Waals surface area (Å²) in [5, 5.41) is 16.3. The van der Waals surface area contributed by atoms with Crippen LogP contribution in [0.1, 0.15) is 22.5 Å². The number of carbonyl (C=O) groups excluding carboxylic acids is 1. The molecule has 0 radical (unpaired) electrons. The number of rotatable bonds is 7. The molecule has 0 spiro atoms. The minimum absolute atomic E-state index is 0.0937. The number of carbonyl (C=O) groups is 2. The van der Waals surface area contributed by atoms with E-state index in [2.05, 4.69) is 10.4 Å². The first kappa shape index (κ1) is 17.7. The number of aliphatic carboxylic acids is 1. The number of hydrogen-bond donors (Lipinski definition) is 2. The molecule has 1 aromatic carbocycles. The number of aryl methyl sites for hydroxylation is 3. The first-order chi connectivity index (χ1) is 11.3. The Labute approximate surface area is 141 Å². The number of benzene rings is 1. The van der Waals surface area contributed by atoms with Crippen LogP contribution in [0, 0.1) is 26.7 Å². The Kier molecular flexibility index (Phi) is 5.73. The average molecular weight is 329 g/mol. The molecule has 0 saturated carbocycles. The molecule has 2 rings (SSSR count). The van der Waals surface area contributed by atoms with Gasteiger partial charge in [0.1, 0.15) is 6.54 Å². The second kappa shape index (κ2) is 7.77. The SMILES string of the molecule is Cc1cccc(CC(CNC(=O)Cn2nc(C)cc2C)C(=O)O)c1. The van der Waals surface area contributed by atoms with Crippen LogP contribution in [0.3, 0.4) is 0 Å². The first-order valence-corrected chi connectivity index (χ1v) is 7.91. The van der Waals surface area contributed by atoms with Crippen LogP contribution in [0.25, 0.3) is 0 Å². The number of carboxylic acids is 1. The third kappa shape index (κ3) is 4.94. The molecule has 128 valence electrons. The van der Waals surface area contributed by atoms with E-state index in [0.29, 0.717) is 6.42 Å². The van der Waals surface area contributed by atoms with E-state index < -0.39 is 11.9 Å². The number of nitrogens with one attached hydrogen (secondary N) is 1. The largest absolute Gasteiger partial charge is 0.481 e. The highest BCUT2D eigenvalue weighted by molar-refractivity contribution is 5.77. The Morgan fingerprint density at radius 1 is 1.25 bits per heavy atom. The van der Waals surface area contributed by atoms with Gasteiger partial charge in [0.15, 0.2) is 0 Å². The van der Waals surface area contributed by atoms with Crippen molar-refractivity contribution in [3.05, 3.63) is 52.8 Å². The van der Waals surface area contributed by atoms with Crippen molar-refractivity contribution in [3.63, 3.8) is 0 Å². The van der Waals surface area contributed by atoms with E-state index in [-0.39, 0.29) is 19.0 Å². The van der Waals surface area contributed by atoms with Crippen molar-refractivity contribution in [1.29, 1.82) is 0 Å². The van der Waals surface area contributed by atoms with Gasteiger partial charge in [-0.15, -0.1) is 0 Å². The van der Waals surface area contributed by atoms with Crippen LogP contribution in [0.2, 0.25) is 0 Å². The van der Waals surface area contributed by atoms with Gasteiger partial charge in [-0.3, -0.25) is 14.3 Å². The lowest BCUT2D eigenvalue weighted by molar-refractivity contribution is -0.141. The maximum atomic E-state index is 12.0. The number of amides is 1. The summed E-state index contributed by atoms with van der Waals surface area (Å²) < 4.78 is 1.61. The van der Waals surface area contributed by atoms with Gasteiger partial charge in [0.05, 0.1) is 11.6 Å². The summed E-state index contributed by atoms with van der Waals surface area (Å²) in [6.45, 7) is 5.90. The van der Waals surface area contributed by atoms with Crippen molar-refractivity contribution in [3.8, 4) is 0 Å². The zero-order valence-electron chi connectivity index (χ0n) is 14.2. The molecule has 0 aliphatic heterocycles. The van der Waals surface area contributed by atoms with E-state index in [1.165, 1.54) is 0 Å². The van der Waals surface area contributed by atoms with E-state index in [0.717, 1.165) is 22.5 Å². The second-order valence-corrected chi connectivity index (χ2v) is 6.12. The normalized spacial score (nSPS) is 12.0. The molecule has 0 aliphatic carbocycles. The Bertz CT molecular complexity index is 737. The van der Waals surface area contributed by atoms with Gasteiger partial charge in [-0.05, 0) is 38.8 Å². The molecule has 1 amide bonds. The molecule has 0 fully saturated rings. The van der Waals surface area contributed by atoms with Crippen LogP contribution in [-0.2, 0) is 22.6 Å². The molecular formula is C18H23N3O3. The standard InChI is InChI=1S/C18H23N3O3/c1-12-5-4-6-15(7-12)9-16(18(23)24)10-19-17(22)11-21-14(3)8-13(2)20-21/h4-8,16H,9-11H2,1-3H3,(H,19,22)(H,23,24). The quantitative estimate of drug-likeness (QED) is 0.812. The molecule has 1 unspecified atom stereocenters. The monoisotopic (exact) mass is 329 g/mol. The zero-order chi connectivity index (χ0) is 17.7. The van der Waals surface area contributed by atoms with E-state index in [4.69, 9.17) is 0 Å². The highest BCUT2D eigenvalue weighted by Crippen LogP contribution is 2.11. The number of nitrogens with zero attached hydrogens (tertiary/aromatic N) is 2. The van der Waals surface area contributed by atoms with Gasteiger partial charge in [0, 0.05) is 12.2 Å². The zero-order valence-corrected chi connectivity index (χ0v) is 14.2. The molecule has 0 aliphatic rings. The van der Waals surface area contributed by atoms with Crippen molar-refractivity contribution in [1.82, 2.24) is 15.1 Å². The Morgan fingerprint density at radius 3 is 2.58 bits per heavy atom. The molecule has 1 aromatic heterocycles. The lowest BCUT2D eigenvalue weighted by atomic mass is 9.98. The summed E-state index contributed by atoms with van der Waals surface area (Å²) in [7, 11) is 0. The molecule has 1 heterocycles. The summed E-state index contributed by atoms with van der Waals surface area (Å²) in [5.74, 6) is -1.81. The van der Waals surface area contributed by atoms with Gasteiger partial charge < -0.3 is 10.4 Å². The van der Waals surface area contributed by atoms with Gasteiger partial charge in [-0.1, -0.05) is 29.8 Å². The summed E-state index contributed by atoms with van der Waals surface area (Å²) in [6.07, 6.45) is 0.386. The van der Waals surface area contributed by atoms with Crippen molar-refractivity contribution < 1.29 is 14.7 Å². The van der Waals surface area contributed by atoms with E-state index in [1.807, 2.05) is 51.1 Å².